The molecule has 4 nitrogen and oxygen atoms in total. The van der Waals surface area contributed by atoms with Gasteiger partial charge in [0, 0.05) is 43.1 Å². The molecule has 8 aromatic rings. The molecule has 208 valence electrons. The maximum absolute atomic E-state index is 5.07. The first-order valence-electron chi connectivity index (χ1n) is 14.8. The van der Waals surface area contributed by atoms with E-state index in [0.29, 0.717) is 0 Å². The lowest BCUT2D eigenvalue weighted by atomic mass is 10.1. The van der Waals surface area contributed by atoms with Crippen molar-refractivity contribution in [2.24, 2.45) is 9.98 Å². The molecule has 3 heterocycles. The average Bonchev–Trinajstić information content (AvgIpc) is 3.65. The number of thiophene rings is 1. The molecule has 0 saturated heterocycles. The first-order chi connectivity index (χ1) is 21.8. The number of aromatic nitrogens is 1. The van der Waals surface area contributed by atoms with Gasteiger partial charge in [-0.05, 0) is 29.8 Å². The second kappa shape index (κ2) is 10.0. The third kappa shape index (κ3) is 3.98. The van der Waals surface area contributed by atoms with Gasteiger partial charge < -0.3 is 9.88 Å². The second-order valence-electron chi connectivity index (χ2n) is 11.1. The van der Waals surface area contributed by atoms with Crippen LogP contribution in [0, 0.1) is 0 Å². The number of hydrogen-bond acceptors (Lipinski definition) is 4. The second-order valence-corrected chi connectivity index (χ2v) is 12.1. The molecule has 1 unspecified atom stereocenters. The summed E-state index contributed by atoms with van der Waals surface area (Å²) in [6.07, 6.45) is -0.264. The maximum atomic E-state index is 5.07. The van der Waals surface area contributed by atoms with Crippen LogP contribution in [0.2, 0.25) is 0 Å². The van der Waals surface area contributed by atoms with Crippen molar-refractivity contribution in [2.75, 3.05) is 0 Å². The quantitative estimate of drug-likeness (QED) is 0.221. The van der Waals surface area contributed by atoms with Crippen LogP contribution >= 0.6 is 11.3 Å². The van der Waals surface area contributed by atoms with Gasteiger partial charge in [0.15, 0.2) is 5.84 Å². The minimum absolute atomic E-state index is 0.264. The molecule has 0 amide bonds. The van der Waals surface area contributed by atoms with Crippen molar-refractivity contribution in [1.29, 1.82) is 0 Å². The summed E-state index contributed by atoms with van der Waals surface area (Å²) in [5.74, 6) is 1.55. The number of hydrogen-bond donors (Lipinski definition) is 1. The number of aliphatic imine (C=N–C) groups is 2. The summed E-state index contributed by atoms with van der Waals surface area (Å²) in [6, 6.07) is 51.3. The van der Waals surface area contributed by atoms with E-state index in [2.05, 4.69) is 119 Å². The van der Waals surface area contributed by atoms with Gasteiger partial charge in [0.25, 0.3) is 0 Å². The topological polar surface area (TPSA) is 41.7 Å². The third-order valence-electron chi connectivity index (χ3n) is 8.47. The van der Waals surface area contributed by atoms with Crippen molar-refractivity contribution in [3.8, 4) is 5.69 Å². The zero-order valence-electron chi connectivity index (χ0n) is 23.7. The summed E-state index contributed by atoms with van der Waals surface area (Å²) < 4.78 is 5.06. The van der Waals surface area contributed by atoms with E-state index in [0.717, 1.165) is 34.0 Å². The number of para-hydroxylation sites is 1. The highest BCUT2D eigenvalue weighted by atomic mass is 32.1. The van der Waals surface area contributed by atoms with E-state index in [-0.39, 0.29) is 6.17 Å². The number of benzene rings is 6. The average molecular weight is 583 g/mol. The Bertz CT molecular complexity index is 2400. The molecule has 1 aliphatic rings. The minimum Gasteiger partial charge on any atom is -0.344 e. The molecule has 0 saturated carbocycles. The Hall–Kier alpha value is -5.52. The molecule has 1 N–H and O–H groups in total. The fraction of sp³-hybridized carbons (Fsp3) is 0.0256. The first kappa shape index (κ1) is 25.0. The van der Waals surface area contributed by atoms with E-state index in [1.54, 1.807) is 0 Å². The number of nitrogens with one attached hydrogen (secondary N) is 1. The van der Waals surface area contributed by atoms with Gasteiger partial charge in [-0.15, -0.1) is 11.3 Å². The van der Waals surface area contributed by atoms with E-state index in [1.807, 2.05) is 47.7 Å². The largest absolute Gasteiger partial charge is 0.344 e. The van der Waals surface area contributed by atoms with Crippen LogP contribution in [0.25, 0.3) is 47.7 Å². The highest BCUT2D eigenvalue weighted by Crippen LogP contribution is 2.42. The van der Waals surface area contributed by atoms with E-state index >= 15 is 0 Å². The smallest absolute Gasteiger partial charge is 0.159 e. The molecule has 0 aliphatic carbocycles. The zero-order chi connectivity index (χ0) is 29.0. The van der Waals surface area contributed by atoms with Crippen LogP contribution in [0.15, 0.2) is 156 Å². The van der Waals surface area contributed by atoms with Crippen molar-refractivity contribution < 1.29 is 0 Å². The van der Waals surface area contributed by atoms with E-state index in [4.69, 9.17) is 9.98 Å². The lowest BCUT2D eigenvalue weighted by Gasteiger charge is -2.24. The van der Waals surface area contributed by atoms with Gasteiger partial charge in [-0.1, -0.05) is 121 Å². The molecule has 5 heteroatoms. The minimum atomic E-state index is -0.264. The highest BCUT2D eigenvalue weighted by Gasteiger charge is 2.22. The van der Waals surface area contributed by atoms with Crippen LogP contribution in [0.4, 0.5) is 0 Å². The molecule has 0 spiro atoms. The Morgan fingerprint density at radius 3 is 2.02 bits per heavy atom. The van der Waals surface area contributed by atoms with Crippen molar-refractivity contribution in [2.45, 2.75) is 6.17 Å². The van der Waals surface area contributed by atoms with Gasteiger partial charge in [0.05, 0.1) is 15.7 Å². The van der Waals surface area contributed by atoms with E-state index in [1.165, 1.54) is 42.0 Å². The summed E-state index contributed by atoms with van der Waals surface area (Å²) in [4.78, 5) is 9.99. The lowest BCUT2D eigenvalue weighted by Crippen LogP contribution is -2.33. The Labute approximate surface area is 258 Å². The van der Waals surface area contributed by atoms with E-state index in [9.17, 15) is 0 Å². The normalized spacial score (nSPS) is 15.0. The number of amidine groups is 2. The van der Waals surface area contributed by atoms with Crippen LogP contribution in [0.5, 0.6) is 0 Å². The van der Waals surface area contributed by atoms with Gasteiger partial charge in [-0.25, -0.2) is 9.98 Å². The molecule has 0 bridgehead atoms. The van der Waals surface area contributed by atoms with Crippen LogP contribution < -0.4 is 5.32 Å². The summed E-state index contributed by atoms with van der Waals surface area (Å²) in [6.45, 7) is 0. The molecule has 0 fully saturated rings. The summed E-state index contributed by atoms with van der Waals surface area (Å²) in [7, 11) is 0. The fourth-order valence-electron chi connectivity index (χ4n) is 6.38. The molecule has 6 aromatic carbocycles. The van der Waals surface area contributed by atoms with Crippen molar-refractivity contribution >= 4 is 65.0 Å². The molecule has 1 aliphatic heterocycles. The van der Waals surface area contributed by atoms with Gasteiger partial charge in [0.2, 0.25) is 0 Å². The fourth-order valence-corrected chi connectivity index (χ4v) is 7.62. The van der Waals surface area contributed by atoms with Crippen molar-refractivity contribution in [3.05, 3.63) is 162 Å². The summed E-state index contributed by atoms with van der Waals surface area (Å²) >= 11 is 1.88. The van der Waals surface area contributed by atoms with Gasteiger partial charge >= 0.3 is 0 Å². The molecule has 0 radical (unpaired) electrons. The Morgan fingerprint density at radius 1 is 0.568 bits per heavy atom. The first-order valence-corrected chi connectivity index (χ1v) is 15.6. The molecule has 2 aromatic heterocycles. The van der Waals surface area contributed by atoms with Gasteiger partial charge in [-0.3, -0.25) is 0 Å². The predicted octanol–water partition coefficient (Wildman–Crippen LogP) is 9.65. The summed E-state index contributed by atoms with van der Waals surface area (Å²) in [5, 5.41) is 8.76. The Kier molecular flexibility index (Phi) is 5.71. The number of fused-ring (bicyclic) bond motifs is 7. The Balaban J connectivity index is 1.19. The number of rotatable bonds is 4. The predicted molar refractivity (Wildman–Crippen MR) is 186 cm³/mol. The molecular weight excluding hydrogens is 557 g/mol. The standard InChI is InChI=1S/C39H26N4S/c1-3-11-25(12-4-1)37-40-38(26-13-5-2-6-14-26)42-39(41-37)27-19-21-28(22-20-27)43-33-17-9-7-15-29(33)31-23-24-32-30-16-8-10-18-34(30)44-36(32)35(31)43/h1-24,39H,(H,40,41,42). The SMILES string of the molecule is c1ccc(C2=NC(c3ccc(-n4c5ccccc5c5ccc6c7ccccc7sc6c54)cc3)NC(c3ccccc3)=N2)cc1. The van der Waals surface area contributed by atoms with Crippen LogP contribution in [-0.2, 0) is 0 Å². The molecule has 1 atom stereocenters. The van der Waals surface area contributed by atoms with Crippen LogP contribution in [0.3, 0.4) is 0 Å². The van der Waals surface area contributed by atoms with Gasteiger partial charge in [-0.2, -0.15) is 0 Å². The van der Waals surface area contributed by atoms with Gasteiger partial charge in [0.1, 0.15) is 12.0 Å². The number of nitrogens with zero attached hydrogens (tertiary/aromatic N) is 3. The molecular formula is C39H26N4S. The lowest BCUT2D eigenvalue weighted by molar-refractivity contribution is 0.674. The Morgan fingerprint density at radius 2 is 1.23 bits per heavy atom. The molecule has 44 heavy (non-hydrogen) atoms. The van der Waals surface area contributed by atoms with E-state index < -0.39 is 0 Å². The zero-order valence-corrected chi connectivity index (χ0v) is 24.5. The highest BCUT2D eigenvalue weighted by molar-refractivity contribution is 7.26. The maximum Gasteiger partial charge on any atom is 0.159 e. The monoisotopic (exact) mass is 582 g/mol. The summed E-state index contributed by atoms with van der Waals surface area (Å²) in [5.41, 5.74) is 6.72. The van der Waals surface area contributed by atoms with Crippen LogP contribution in [0.1, 0.15) is 22.9 Å². The third-order valence-corrected chi connectivity index (χ3v) is 9.66. The van der Waals surface area contributed by atoms with Crippen molar-refractivity contribution in [3.63, 3.8) is 0 Å². The van der Waals surface area contributed by atoms with Crippen LogP contribution in [-0.4, -0.2) is 16.2 Å². The van der Waals surface area contributed by atoms with Crippen molar-refractivity contribution in [1.82, 2.24) is 9.88 Å². The molecule has 9 rings (SSSR count).